The maximum atomic E-state index is 13.7. The van der Waals surface area contributed by atoms with E-state index in [2.05, 4.69) is 73.4 Å². The van der Waals surface area contributed by atoms with Gasteiger partial charge in [-0.25, -0.2) is 8.78 Å². The summed E-state index contributed by atoms with van der Waals surface area (Å²) >= 11 is 0. The van der Waals surface area contributed by atoms with Gasteiger partial charge in [0.25, 0.3) is 5.92 Å². The van der Waals surface area contributed by atoms with Crippen LogP contribution in [0, 0.1) is 0 Å². The van der Waals surface area contributed by atoms with Crippen LogP contribution in [0.4, 0.5) is 14.5 Å². The smallest absolute Gasteiger partial charge is 0.261 e. The second kappa shape index (κ2) is 9.43. The zero-order chi connectivity index (χ0) is 26.6. The van der Waals surface area contributed by atoms with E-state index in [1.165, 1.54) is 11.1 Å². The topological polar surface area (TPSA) is 67.1 Å². The third-order valence-corrected chi connectivity index (χ3v) is 8.09. The minimum absolute atomic E-state index is 0.0787. The standard InChI is InChI=1S/C30H31F2N7/c1-37-9-11-39(12-10-37)28-4-2-3-25-23(28)15-27(34-25)29-24-14-21(5-6-26(24)35-36-29)22-13-20(16-33-17-22)18-38-8-7-30(31,32)19-38/h2-6,13-17,34H,7-12,18-19H2,1H3,(H,35,36). The van der Waals surface area contributed by atoms with Gasteiger partial charge in [-0.2, -0.15) is 5.10 Å². The Morgan fingerprint density at radius 1 is 0.897 bits per heavy atom. The summed E-state index contributed by atoms with van der Waals surface area (Å²) in [6.45, 7) is 4.82. The van der Waals surface area contributed by atoms with Crippen LogP contribution in [0.3, 0.4) is 0 Å². The molecule has 5 aromatic rings. The molecule has 2 aliphatic heterocycles. The van der Waals surface area contributed by atoms with Crippen LogP contribution in [0.2, 0.25) is 0 Å². The number of hydrogen-bond donors (Lipinski definition) is 2. The predicted molar refractivity (Wildman–Crippen MR) is 151 cm³/mol. The number of hydrogen-bond acceptors (Lipinski definition) is 5. The number of H-pyrrole nitrogens is 2. The third-order valence-electron chi connectivity index (χ3n) is 8.09. The second-order valence-electron chi connectivity index (χ2n) is 10.9. The number of likely N-dealkylation sites (tertiary alicyclic amines) is 1. The molecular weight excluding hydrogens is 496 g/mol. The third kappa shape index (κ3) is 4.66. The highest BCUT2D eigenvalue weighted by Crippen LogP contribution is 2.35. The molecule has 0 aliphatic carbocycles. The van der Waals surface area contributed by atoms with Gasteiger partial charge in [-0.1, -0.05) is 12.1 Å². The lowest BCUT2D eigenvalue weighted by Gasteiger charge is -2.34. The molecule has 0 bridgehead atoms. The largest absolute Gasteiger partial charge is 0.368 e. The molecule has 2 N–H and O–H groups in total. The van der Waals surface area contributed by atoms with Crippen LogP contribution in [0.5, 0.6) is 0 Å². The van der Waals surface area contributed by atoms with Crippen molar-refractivity contribution < 1.29 is 8.78 Å². The van der Waals surface area contributed by atoms with Crippen molar-refractivity contribution in [3.8, 4) is 22.5 Å². The maximum absolute atomic E-state index is 13.7. The summed E-state index contributed by atoms with van der Waals surface area (Å²) in [5.41, 5.74) is 8.05. The minimum Gasteiger partial charge on any atom is -0.368 e. The fourth-order valence-electron chi connectivity index (χ4n) is 5.92. The molecule has 3 aromatic heterocycles. The number of pyridine rings is 1. The van der Waals surface area contributed by atoms with Crippen molar-refractivity contribution in [3.63, 3.8) is 0 Å². The van der Waals surface area contributed by atoms with Crippen LogP contribution in [-0.2, 0) is 6.54 Å². The number of benzene rings is 2. The molecular formula is C30H31F2N7. The van der Waals surface area contributed by atoms with Gasteiger partial charge >= 0.3 is 0 Å². The Labute approximate surface area is 225 Å². The first-order valence-electron chi connectivity index (χ1n) is 13.5. The van der Waals surface area contributed by atoms with Crippen LogP contribution in [0.25, 0.3) is 44.3 Å². The van der Waals surface area contributed by atoms with Crippen molar-refractivity contribution >= 4 is 27.5 Å². The zero-order valence-corrected chi connectivity index (χ0v) is 21.9. The van der Waals surface area contributed by atoms with Crippen molar-refractivity contribution in [2.75, 3.05) is 51.2 Å². The number of aromatic amines is 2. The van der Waals surface area contributed by atoms with Crippen LogP contribution in [0.1, 0.15) is 12.0 Å². The number of nitrogens with zero attached hydrogens (tertiary/aromatic N) is 5. The quantitative estimate of drug-likeness (QED) is 0.322. The SMILES string of the molecule is CN1CCN(c2cccc3[nH]c(-c4n[nH]c5ccc(-c6cncc(CN7CCC(F)(F)C7)c6)cc45)cc23)CC1. The van der Waals surface area contributed by atoms with E-state index in [0.717, 1.165) is 70.7 Å². The molecule has 0 unspecified atom stereocenters. The van der Waals surface area contributed by atoms with E-state index < -0.39 is 5.92 Å². The van der Waals surface area contributed by atoms with Gasteiger partial charge in [-0.05, 0) is 54.6 Å². The highest BCUT2D eigenvalue weighted by atomic mass is 19.3. The Morgan fingerprint density at radius 2 is 1.77 bits per heavy atom. The average Bonchev–Trinajstić information content (AvgIpc) is 3.64. The number of halogens is 2. The Hall–Kier alpha value is -3.82. The number of nitrogens with one attached hydrogen (secondary N) is 2. The van der Waals surface area contributed by atoms with Crippen LogP contribution >= 0.6 is 0 Å². The lowest BCUT2D eigenvalue weighted by Crippen LogP contribution is -2.44. The molecule has 0 amide bonds. The molecule has 39 heavy (non-hydrogen) atoms. The van der Waals surface area contributed by atoms with Crippen molar-refractivity contribution in [1.29, 1.82) is 0 Å². The normalized spacial score (nSPS) is 18.5. The summed E-state index contributed by atoms with van der Waals surface area (Å²) in [4.78, 5) is 14.6. The van der Waals surface area contributed by atoms with Crippen LogP contribution in [0.15, 0.2) is 60.9 Å². The van der Waals surface area contributed by atoms with Crippen LogP contribution in [-0.4, -0.2) is 82.2 Å². The van der Waals surface area contributed by atoms with Gasteiger partial charge in [-0.15, -0.1) is 0 Å². The summed E-state index contributed by atoms with van der Waals surface area (Å²) in [7, 11) is 2.17. The molecule has 2 saturated heterocycles. The van der Waals surface area contributed by atoms with Crippen molar-refractivity contribution in [2.45, 2.75) is 18.9 Å². The monoisotopic (exact) mass is 527 g/mol. The fourth-order valence-corrected chi connectivity index (χ4v) is 5.92. The van der Waals surface area contributed by atoms with Crippen molar-refractivity contribution in [1.82, 2.24) is 30.0 Å². The van der Waals surface area contributed by atoms with Gasteiger partial charge < -0.3 is 14.8 Å². The van der Waals surface area contributed by atoms with Crippen LogP contribution < -0.4 is 4.90 Å². The number of alkyl halides is 2. The van der Waals surface area contributed by atoms with E-state index in [9.17, 15) is 8.78 Å². The van der Waals surface area contributed by atoms with Gasteiger partial charge in [0.05, 0.1) is 17.8 Å². The minimum atomic E-state index is -2.60. The van der Waals surface area contributed by atoms with Crippen molar-refractivity contribution in [2.24, 2.45) is 0 Å². The summed E-state index contributed by atoms with van der Waals surface area (Å²) in [5.74, 6) is -2.60. The fraction of sp³-hybridized carbons (Fsp3) is 0.333. The van der Waals surface area contributed by atoms with E-state index in [1.807, 2.05) is 18.3 Å². The lowest BCUT2D eigenvalue weighted by atomic mass is 10.0. The molecule has 200 valence electrons. The van der Waals surface area contributed by atoms with Gasteiger partial charge in [-0.3, -0.25) is 15.0 Å². The summed E-state index contributed by atoms with van der Waals surface area (Å²) in [5, 5.41) is 10.1. The Bertz CT molecular complexity index is 1650. The van der Waals surface area contributed by atoms with E-state index in [0.29, 0.717) is 13.1 Å². The predicted octanol–water partition coefficient (Wildman–Crippen LogP) is 5.37. The number of aromatic nitrogens is 4. The lowest BCUT2D eigenvalue weighted by molar-refractivity contribution is 0.0115. The number of rotatable bonds is 5. The number of likely N-dealkylation sites (N-methyl/N-ethyl adjacent to an activating group) is 1. The molecule has 2 aromatic carbocycles. The summed E-state index contributed by atoms with van der Waals surface area (Å²) < 4.78 is 27.3. The molecule has 7 nitrogen and oxygen atoms in total. The summed E-state index contributed by atoms with van der Waals surface area (Å²) in [6, 6.07) is 16.9. The maximum Gasteiger partial charge on any atom is 0.261 e. The molecule has 0 spiro atoms. The van der Waals surface area contributed by atoms with Gasteiger partial charge in [0.1, 0.15) is 5.69 Å². The second-order valence-corrected chi connectivity index (χ2v) is 10.9. The van der Waals surface area contributed by atoms with Gasteiger partial charge in [0, 0.05) is 85.6 Å². The molecule has 0 atom stereocenters. The molecule has 5 heterocycles. The molecule has 9 heteroatoms. The van der Waals surface area contributed by atoms with E-state index in [4.69, 9.17) is 0 Å². The molecule has 0 saturated carbocycles. The van der Waals surface area contributed by atoms with Crippen molar-refractivity contribution in [3.05, 3.63) is 66.5 Å². The molecule has 2 fully saturated rings. The Morgan fingerprint density at radius 3 is 2.59 bits per heavy atom. The first kappa shape index (κ1) is 24.2. The highest BCUT2D eigenvalue weighted by Gasteiger charge is 2.37. The summed E-state index contributed by atoms with van der Waals surface area (Å²) in [6.07, 6.45) is 3.52. The molecule has 2 aliphatic rings. The zero-order valence-electron chi connectivity index (χ0n) is 21.9. The number of fused-ring (bicyclic) bond motifs is 2. The van der Waals surface area contributed by atoms with Gasteiger partial charge in [0.2, 0.25) is 0 Å². The van der Waals surface area contributed by atoms with E-state index >= 15 is 0 Å². The average molecular weight is 528 g/mol. The van der Waals surface area contributed by atoms with E-state index in [-0.39, 0.29) is 13.0 Å². The number of anilines is 1. The highest BCUT2D eigenvalue weighted by molar-refractivity contribution is 6.01. The number of piperazine rings is 1. The first-order chi connectivity index (χ1) is 18.9. The Balaban J connectivity index is 1.21. The first-order valence-corrected chi connectivity index (χ1v) is 13.5. The molecule has 0 radical (unpaired) electrons. The Kier molecular flexibility index (Phi) is 5.86. The van der Waals surface area contributed by atoms with E-state index in [1.54, 1.807) is 11.1 Å². The molecule has 7 rings (SSSR count). The van der Waals surface area contributed by atoms with Gasteiger partial charge in [0.15, 0.2) is 0 Å².